The van der Waals surface area contributed by atoms with Crippen LogP contribution in [0.4, 0.5) is 4.39 Å². The minimum Gasteiger partial charge on any atom is -0.497 e. The van der Waals surface area contributed by atoms with Crippen molar-refractivity contribution in [3.63, 3.8) is 0 Å². The average molecular weight is 329 g/mol. The number of carbonyl (C=O) groups excluding carboxylic acids is 2. The SMILES string of the molecule is COc1ccc(/C=N/NC(=O)CNC(=O)c2ccccc2F)cc1. The van der Waals surface area contributed by atoms with Crippen LogP contribution in [0.3, 0.4) is 0 Å². The van der Waals surface area contributed by atoms with Gasteiger partial charge >= 0.3 is 0 Å². The Bertz CT molecular complexity index is 745. The Morgan fingerprint density at radius 2 is 1.88 bits per heavy atom. The number of nitrogens with zero attached hydrogens (tertiary/aromatic N) is 1. The van der Waals surface area contributed by atoms with E-state index in [1.54, 1.807) is 31.4 Å². The second-order valence-electron chi connectivity index (χ2n) is 4.73. The molecule has 0 unspecified atom stereocenters. The molecule has 2 N–H and O–H groups in total. The molecular formula is C17H16FN3O3. The van der Waals surface area contributed by atoms with Gasteiger partial charge in [-0.25, -0.2) is 9.82 Å². The summed E-state index contributed by atoms with van der Waals surface area (Å²) in [7, 11) is 1.57. The van der Waals surface area contributed by atoms with Crippen molar-refractivity contribution < 1.29 is 18.7 Å². The third-order valence-electron chi connectivity index (χ3n) is 3.05. The maximum absolute atomic E-state index is 13.4. The van der Waals surface area contributed by atoms with Gasteiger partial charge in [0, 0.05) is 0 Å². The van der Waals surface area contributed by atoms with E-state index in [-0.39, 0.29) is 12.1 Å². The van der Waals surface area contributed by atoms with Gasteiger partial charge in [-0.1, -0.05) is 12.1 Å². The number of hydrazone groups is 1. The maximum Gasteiger partial charge on any atom is 0.259 e. The number of nitrogens with one attached hydrogen (secondary N) is 2. The van der Waals surface area contributed by atoms with Crippen molar-refractivity contribution in [2.75, 3.05) is 13.7 Å². The highest BCUT2D eigenvalue weighted by Crippen LogP contribution is 2.09. The van der Waals surface area contributed by atoms with Crippen molar-refractivity contribution in [2.45, 2.75) is 0 Å². The summed E-state index contributed by atoms with van der Waals surface area (Å²) in [6.45, 7) is -0.312. The Balaban J connectivity index is 1.79. The van der Waals surface area contributed by atoms with Crippen molar-refractivity contribution in [2.24, 2.45) is 5.10 Å². The molecule has 0 saturated carbocycles. The van der Waals surface area contributed by atoms with Crippen LogP contribution in [-0.2, 0) is 4.79 Å². The molecule has 0 heterocycles. The molecule has 0 spiro atoms. The van der Waals surface area contributed by atoms with Crippen molar-refractivity contribution in [1.82, 2.24) is 10.7 Å². The molecule has 0 aliphatic rings. The van der Waals surface area contributed by atoms with E-state index in [1.165, 1.54) is 30.5 Å². The normalized spacial score (nSPS) is 10.4. The molecule has 0 radical (unpaired) electrons. The first-order chi connectivity index (χ1) is 11.6. The van der Waals surface area contributed by atoms with Gasteiger partial charge in [0.15, 0.2) is 0 Å². The van der Waals surface area contributed by atoms with Gasteiger partial charge in [-0.3, -0.25) is 9.59 Å². The fraction of sp³-hybridized carbons (Fsp3) is 0.118. The standard InChI is InChI=1S/C17H16FN3O3/c1-24-13-8-6-12(7-9-13)10-20-21-16(22)11-19-17(23)14-4-2-3-5-15(14)18/h2-10H,11H2,1H3,(H,19,23)(H,21,22)/b20-10+. The highest BCUT2D eigenvalue weighted by molar-refractivity contribution is 5.96. The van der Waals surface area contributed by atoms with Crippen LogP contribution in [0.5, 0.6) is 5.75 Å². The molecule has 124 valence electrons. The van der Waals surface area contributed by atoms with E-state index < -0.39 is 17.6 Å². The van der Waals surface area contributed by atoms with Gasteiger partial charge in [0.05, 0.1) is 25.4 Å². The monoisotopic (exact) mass is 329 g/mol. The second-order valence-corrected chi connectivity index (χ2v) is 4.73. The lowest BCUT2D eigenvalue weighted by molar-refractivity contribution is -0.120. The number of carbonyl (C=O) groups is 2. The summed E-state index contributed by atoms with van der Waals surface area (Å²) in [5.41, 5.74) is 2.92. The van der Waals surface area contributed by atoms with Crippen molar-refractivity contribution in [3.8, 4) is 5.75 Å². The van der Waals surface area contributed by atoms with Crippen LogP contribution < -0.4 is 15.5 Å². The molecular weight excluding hydrogens is 313 g/mol. The number of hydrogen-bond donors (Lipinski definition) is 2. The first-order valence-electron chi connectivity index (χ1n) is 7.09. The first kappa shape index (κ1) is 17.1. The molecule has 2 aromatic carbocycles. The molecule has 0 atom stereocenters. The minimum absolute atomic E-state index is 0.118. The molecule has 0 fully saturated rings. The van der Waals surface area contributed by atoms with Gasteiger partial charge in [-0.2, -0.15) is 5.10 Å². The lowest BCUT2D eigenvalue weighted by Gasteiger charge is -2.05. The summed E-state index contributed by atoms with van der Waals surface area (Å²) in [5, 5.41) is 6.10. The molecule has 2 amide bonds. The highest BCUT2D eigenvalue weighted by atomic mass is 19.1. The quantitative estimate of drug-likeness (QED) is 0.625. The molecule has 0 aliphatic heterocycles. The Kier molecular flexibility index (Phi) is 6.01. The molecule has 0 bridgehead atoms. The summed E-state index contributed by atoms with van der Waals surface area (Å²) in [6.07, 6.45) is 1.45. The maximum atomic E-state index is 13.4. The number of methoxy groups -OCH3 is 1. The average Bonchev–Trinajstić information content (AvgIpc) is 2.60. The Hall–Kier alpha value is -3.22. The number of halogens is 1. The van der Waals surface area contributed by atoms with Crippen molar-refractivity contribution in [1.29, 1.82) is 0 Å². The summed E-state index contributed by atoms with van der Waals surface area (Å²) < 4.78 is 18.4. The summed E-state index contributed by atoms with van der Waals surface area (Å²) >= 11 is 0. The fourth-order valence-corrected chi connectivity index (χ4v) is 1.81. The van der Waals surface area contributed by atoms with Crippen LogP contribution in [-0.4, -0.2) is 31.7 Å². The van der Waals surface area contributed by atoms with Crippen LogP contribution in [0, 0.1) is 5.82 Å². The molecule has 7 heteroatoms. The number of rotatable bonds is 6. The van der Waals surface area contributed by atoms with Gasteiger partial charge < -0.3 is 10.1 Å². The van der Waals surface area contributed by atoms with E-state index >= 15 is 0 Å². The topological polar surface area (TPSA) is 79.8 Å². The lowest BCUT2D eigenvalue weighted by Crippen LogP contribution is -2.35. The van der Waals surface area contributed by atoms with Crippen LogP contribution >= 0.6 is 0 Å². The Morgan fingerprint density at radius 1 is 1.17 bits per heavy atom. The molecule has 24 heavy (non-hydrogen) atoms. The molecule has 0 saturated heterocycles. The van der Waals surface area contributed by atoms with E-state index in [2.05, 4.69) is 15.8 Å². The van der Waals surface area contributed by atoms with Gasteiger partial charge in [-0.15, -0.1) is 0 Å². The molecule has 0 aromatic heterocycles. The second kappa shape index (κ2) is 8.42. The van der Waals surface area contributed by atoms with Gasteiger partial charge in [0.2, 0.25) is 0 Å². The fourth-order valence-electron chi connectivity index (χ4n) is 1.81. The Labute approximate surface area is 138 Å². The summed E-state index contributed by atoms with van der Waals surface area (Å²) in [5.74, 6) is -1.12. The van der Waals surface area contributed by atoms with Crippen LogP contribution in [0.2, 0.25) is 0 Å². The molecule has 2 aromatic rings. The van der Waals surface area contributed by atoms with E-state index in [9.17, 15) is 14.0 Å². The third kappa shape index (κ3) is 4.91. The number of hydrogen-bond acceptors (Lipinski definition) is 4. The van der Waals surface area contributed by atoms with E-state index in [0.29, 0.717) is 5.75 Å². The first-order valence-corrected chi connectivity index (χ1v) is 7.09. The Morgan fingerprint density at radius 3 is 2.54 bits per heavy atom. The molecule has 0 aliphatic carbocycles. The predicted molar refractivity (Wildman–Crippen MR) is 87.5 cm³/mol. The zero-order chi connectivity index (χ0) is 17.4. The molecule has 6 nitrogen and oxygen atoms in total. The number of amides is 2. The zero-order valence-corrected chi connectivity index (χ0v) is 13.0. The van der Waals surface area contributed by atoms with Gasteiger partial charge in [-0.05, 0) is 42.0 Å². The summed E-state index contributed by atoms with van der Waals surface area (Å²) in [4.78, 5) is 23.3. The van der Waals surface area contributed by atoms with Crippen molar-refractivity contribution in [3.05, 3.63) is 65.5 Å². The van der Waals surface area contributed by atoms with Gasteiger partial charge in [0.1, 0.15) is 11.6 Å². The van der Waals surface area contributed by atoms with Crippen LogP contribution in [0.1, 0.15) is 15.9 Å². The predicted octanol–water partition coefficient (Wildman–Crippen LogP) is 1.71. The largest absolute Gasteiger partial charge is 0.497 e. The highest BCUT2D eigenvalue weighted by Gasteiger charge is 2.11. The smallest absolute Gasteiger partial charge is 0.259 e. The zero-order valence-electron chi connectivity index (χ0n) is 13.0. The van der Waals surface area contributed by atoms with E-state index in [0.717, 1.165) is 5.56 Å². The van der Waals surface area contributed by atoms with E-state index in [4.69, 9.17) is 4.74 Å². The number of benzene rings is 2. The lowest BCUT2D eigenvalue weighted by atomic mass is 10.2. The number of ether oxygens (including phenoxy) is 1. The summed E-state index contributed by atoms with van der Waals surface area (Å²) in [6, 6.07) is 12.6. The van der Waals surface area contributed by atoms with Crippen molar-refractivity contribution >= 4 is 18.0 Å². The van der Waals surface area contributed by atoms with E-state index in [1.807, 2.05) is 0 Å². The van der Waals surface area contributed by atoms with Crippen LogP contribution in [0.15, 0.2) is 53.6 Å². The van der Waals surface area contributed by atoms with Crippen LogP contribution in [0.25, 0.3) is 0 Å². The molecule has 2 rings (SSSR count). The third-order valence-corrected chi connectivity index (χ3v) is 3.05. The minimum atomic E-state index is -0.664. The van der Waals surface area contributed by atoms with Gasteiger partial charge in [0.25, 0.3) is 11.8 Å².